The monoisotopic (exact) mass is 354 g/mol. The summed E-state index contributed by atoms with van der Waals surface area (Å²) in [7, 11) is 4.36. The minimum Gasteiger partial charge on any atom is -0.319 e. The lowest BCUT2D eigenvalue weighted by Crippen LogP contribution is -2.48. The maximum absolute atomic E-state index is 3.77. The Hall–Kier alpha value is -0.0800. The van der Waals surface area contributed by atoms with E-state index in [2.05, 4.69) is 38.6 Å². The van der Waals surface area contributed by atoms with Gasteiger partial charge in [-0.1, -0.05) is 67.2 Å². The molecule has 152 valence electrons. The summed E-state index contributed by atoms with van der Waals surface area (Å²) in [6, 6.07) is 0.725. The van der Waals surface area contributed by atoms with Crippen LogP contribution in [0.1, 0.15) is 92.9 Å². The molecule has 0 amide bonds. The van der Waals surface area contributed by atoms with E-state index in [-0.39, 0.29) is 14.9 Å². The summed E-state index contributed by atoms with van der Waals surface area (Å²) in [6.07, 6.45) is 14.5. The van der Waals surface area contributed by atoms with Crippen molar-refractivity contribution in [2.24, 2.45) is 29.6 Å². The summed E-state index contributed by atoms with van der Waals surface area (Å²) in [5.41, 5.74) is 0. The maximum atomic E-state index is 3.77. The predicted octanol–water partition coefficient (Wildman–Crippen LogP) is 6.12. The van der Waals surface area contributed by atoms with Crippen LogP contribution in [0.25, 0.3) is 0 Å². The lowest BCUT2D eigenvalue weighted by Gasteiger charge is -2.43. The van der Waals surface area contributed by atoms with E-state index in [9.17, 15) is 0 Å². The molecule has 0 aromatic carbocycles. The first-order chi connectivity index (χ1) is 11.2. The van der Waals surface area contributed by atoms with Crippen LogP contribution in [-0.4, -0.2) is 26.7 Å². The molecule has 2 rings (SSSR count). The molecule has 2 saturated carbocycles. The second-order valence-electron chi connectivity index (χ2n) is 8.41. The van der Waals surface area contributed by atoms with E-state index in [4.69, 9.17) is 0 Å². The average Bonchev–Trinajstić information content (AvgIpc) is 2.62. The van der Waals surface area contributed by atoms with Gasteiger partial charge < -0.3 is 10.6 Å². The molecule has 25 heavy (non-hydrogen) atoms. The van der Waals surface area contributed by atoms with E-state index in [1.807, 2.05) is 0 Å². The lowest BCUT2D eigenvalue weighted by atomic mass is 9.67. The molecule has 0 aromatic rings. The molecule has 2 nitrogen and oxygen atoms in total. The van der Waals surface area contributed by atoms with Gasteiger partial charge in [-0.2, -0.15) is 0 Å². The maximum Gasteiger partial charge on any atom is 0.0135 e. The molecule has 2 aliphatic rings. The Balaban J connectivity index is 0.00000288. The molecule has 2 heteroatoms. The molecule has 0 aliphatic heterocycles. The van der Waals surface area contributed by atoms with Gasteiger partial charge in [0.15, 0.2) is 0 Å². The van der Waals surface area contributed by atoms with Crippen molar-refractivity contribution in [2.45, 2.75) is 99.0 Å². The zero-order valence-electron chi connectivity index (χ0n) is 16.2. The SMILES string of the molecule is C.C.CCC1CCC(C(CNC)C(NC)C2CCC(CC)CC2)CC1. The van der Waals surface area contributed by atoms with E-state index in [0.29, 0.717) is 0 Å². The fourth-order valence-corrected chi connectivity index (χ4v) is 5.60. The van der Waals surface area contributed by atoms with Crippen LogP contribution in [0.15, 0.2) is 0 Å². The fraction of sp³-hybridized carbons (Fsp3) is 1.00. The highest BCUT2D eigenvalue weighted by atomic mass is 14.9. The van der Waals surface area contributed by atoms with Crippen LogP contribution < -0.4 is 10.6 Å². The van der Waals surface area contributed by atoms with E-state index in [0.717, 1.165) is 35.6 Å². The van der Waals surface area contributed by atoms with Crippen LogP contribution in [0.2, 0.25) is 0 Å². The standard InChI is InChI=1S/C21H42N2.2CH4/c1-5-16-7-11-18(12-8-16)20(15-22-3)21(23-4)19-13-9-17(6-2)10-14-19;;/h16-23H,5-15H2,1-4H3;2*1H4. The number of nitrogens with one attached hydrogen (secondary N) is 2. The molecule has 2 N–H and O–H groups in total. The first-order valence-electron chi connectivity index (χ1n) is 10.5. The summed E-state index contributed by atoms with van der Waals surface area (Å²) in [6.45, 7) is 5.94. The molecule has 0 radical (unpaired) electrons. The van der Waals surface area contributed by atoms with Crippen molar-refractivity contribution in [3.8, 4) is 0 Å². The smallest absolute Gasteiger partial charge is 0.0135 e. The normalized spacial score (nSPS) is 32.2. The summed E-state index contributed by atoms with van der Waals surface area (Å²) in [4.78, 5) is 0. The Bertz CT molecular complexity index is 301. The molecular weight excluding hydrogens is 304 g/mol. The highest BCUT2D eigenvalue weighted by molar-refractivity contribution is 4.91. The molecule has 0 bridgehead atoms. The fourth-order valence-electron chi connectivity index (χ4n) is 5.60. The summed E-state index contributed by atoms with van der Waals surface area (Å²) < 4.78 is 0. The van der Waals surface area contributed by atoms with Crippen molar-refractivity contribution in [1.82, 2.24) is 10.6 Å². The van der Waals surface area contributed by atoms with E-state index in [1.54, 1.807) is 0 Å². The Morgan fingerprint density at radius 1 is 0.720 bits per heavy atom. The third kappa shape index (κ3) is 6.86. The van der Waals surface area contributed by atoms with Gasteiger partial charge >= 0.3 is 0 Å². The van der Waals surface area contributed by atoms with Gasteiger partial charge in [0.25, 0.3) is 0 Å². The van der Waals surface area contributed by atoms with Crippen LogP contribution >= 0.6 is 0 Å². The largest absolute Gasteiger partial charge is 0.319 e. The quantitative estimate of drug-likeness (QED) is 0.549. The molecule has 2 fully saturated rings. The highest BCUT2D eigenvalue weighted by Crippen LogP contribution is 2.40. The van der Waals surface area contributed by atoms with Crippen molar-refractivity contribution >= 4 is 0 Å². The van der Waals surface area contributed by atoms with Crippen molar-refractivity contribution in [2.75, 3.05) is 20.6 Å². The van der Waals surface area contributed by atoms with Crippen LogP contribution in [0, 0.1) is 29.6 Å². The molecule has 0 aromatic heterocycles. The predicted molar refractivity (Wildman–Crippen MR) is 115 cm³/mol. The zero-order valence-corrected chi connectivity index (χ0v) is 16.2. The second-order valence-corrected chi connectivity index (χ2v) is 8.41. The summed E-state index contributed by atoms with van der Waals surface area (Å²) >= 11 is 0. The van der Waals surface area contributed by atoms with Gasteiger partial charge in [0.1, 0.15) is 0 Å². The van der Waals surface area contributed by atoms with Crippen LogP contribution in [0.3, 0.4) is 0 Å². The van der Waals surface area contributed by atoms with Crippen molar-refractivity contribution in [1.29, 1.82) is 0 Å². The second kappa shape index (κ2) is 13.1. The van der Waals surface area contributed by atoms with Crippen molar-refractivity contribution in [3.05, 3.63) is 0 Å². The van der Waals surface area contributed by atoms with Gasteiger partial charge in [-0.25, -0.2) is 0 Å². The number of hydrogen-bond donors (Lipinski definition) is 2. The van der Waals surface area contributed by atoms with Crippen molar-refractivity contribution < 1.29 is 0 Å². The van der Waals surface area contributed by atoms with Gasteiger partial charge in [0.2, 0.25) is 0 Å². The van der Waals surface area contributed by atoms with Crippen molar-refractivity contribution in [3.63, 3.8) is 0 Å². The Morgan fingerprint density at radius 2 is 1.16 bits per heavy atom. The first kappa shape index (κ1) is 24.9. The van der Waals surface area contributed by atoms with E-state index < -0.39 is 0 Å². The van der Waals surface area contributed by atoms with Gasteiger partial charge in [-0.3, -0.25) is 0 Å². The number of hydrogen-bond acceptors (Lipinski definition) is 2. The van der Waals surface area contributed by atoms with E-state index in [1.165, 1.54) is 70.8 Å². The van der Waals surface area contributed by atoms with Gasteiger partial charge in [-0.15, -0.1) is 0 Å². The number of rotatable bonds is 8. The third-order valence-corrected chi connectivity index (χ3v) is 7.29. The third-order valence-electron chi connectivity index (χ3n) is 7.29. The minimum atomic E-state index is 0. The van der Waals surface area contributed by atoms with Crippen LogP contribution in [0.5, 0.6) is 0 Å². The summed E-state index contributed by atoms with van der Waals surface area (Å²) in [5, 5.41) is 7.30. The Labute approximate surface area is 160 Å². The topological polar surface area (TPSA) is 24.1 Å². The zero-order chi connectivity index (χ0) is 16.7. The Kier molecular flexibility index (Phi) is 13.1. The minimum absolute atomic E-state index is 0. The molecular formula is C23H50N2. The van der Waals surface area contributed by atoms with E-state index >= 15 is 0 Å². The van der Waals surface area contributed by atoms with Crippen LogP contribution in [-0.2, 0) is 0 Å². The van der Waals surface area contributed by atoms with Gasteiger partial charge in [0, 0.05) is 6.04 Å². The molecule has 0 saturated heterocycles. The molecule has 2 unspecified atom stereocenters. The highest BCUT2D eigenvalue weighted by Gasteiger charge is 2.36. The van der Waals surface area contributed by atoms with Crippen LogP contribution in [0.4, 0.5) is 0 Å². The molecule has 0 spiro atoms. The Morgan fingerprint density at radius 3 is 1.52 bits per heavy atom. The first-order valence-corrected chi connectivity index (χ1v) is 10.5. The van der Waals surface area contributed by atoms with Gasteiger partial charge in [-0.05, 0) is 75.9 Å². The lowest BCUT2D eigenvalue weighted by molar-refractivity contribution is 0.113. The molecule has 2 atom stereocenters. The summed E-state index contributed by atoms with van der Waals surface area (Å²) in [5.74, 6) is 4.68. The molecule has 0 heterocycles. The molecule has 2 aliphatic carbocycles. The average molecular weight is 355 g/mol. The van der Waals surface area contributed by atoms with Gasteiger partial charge in [0.05, 0.1) is 0 Å².